The summed E-state index contributed by atoms with van der Waals surface area (Å²) in [6, 6.07) is 14.5. The molecule has 1 aliphatic rings. The van der Waals surface area contributed by atoms with Crippen LogP contribution in [0.25, 0.3) is 0 Å². The molecular formula is C21H22N2O4S. The number of aliphatic carboxylic acids is 1. The number of nitrogens with zero attached hydrogens (tertiary/aromatic N) is 1. The van der Waals surface area contributed by atoms with E-state index in [9.17, 15) is 14.4 Å². The molecule has 3 rings (SSSR count). The van der Waals surface area contributed by atoms with Crippen LogP contribution in [0, 0.1) is 5.92 Å². The van der Waals surface area contributed by atoms with E-state index in [0.29, 0.717) is 17.8 Å². The Morgan fingerprint density at radius 1 is 1.14 bits per heavy atom. The predicted molar refractivity (Wildman–Crippen MR) is 110 cm³/mol. The van der Waals surface area contributed by atoms with Crippen LogP contribution < -0.4 is 10.2 Å². The van der Waals surface area contributed by atoms with Crippen molar-refractivity contribution in [3.63, 3.8) is 0 Å². The number of rotatable bonds is 6. The van der Waals surface area contributed by atoms with E-state index in [-0.39, 0.29) is 18.2 Å². The average molecular weight is 398 g/mol. The molecule has 1 aliphatic heterocycles. The fourth-order valence-electron chi connectivity index (χ4n) is 3.14. The zero-order valence-electron chi connectivity index (χ0n) is 15.7. The first-order valence-corrected chi connectivity index (χ1v) is 10.2. The fourth-order valence-corrected chi connectivity index (χ4v) is 3.55. The summed E-state index contributed by atoms with van der Waals surface area (Å²) in [5.74, 6) is -2.21. The van der Waals surface area contributed by atoms with Gasteiger partial charge in [-0.3, -0.25) is 14.4 Å². The average Bonchev–Trinajstić information content (AvgIpc) is 3.10. The lowest BCUT2D eigenvalue weighted by Crippen LogP contribution is -2.28. The van der Waals surface area contributed by atoms with Gasteiger partial charge in [-0.25, -0.2) is 0 Å². The Morgan fingerprint density at radius 2 is 1.79 bits per heavy atom. The molecular weight excluding hydrogens is 376 g/mol. The van der Waals surface area contributed by atoms with Gasteiger partial charge in [0.2, 0.25) is 11.8 Å². The molecule has 146 valence electrons. The van der Waals surface area contributed by atoms with Gasteiger partial charge in [0, 0.05) is 29.2 Å². The number of carbonyl (C=O) groups excluding carboxylic acids is 2. The highest BCUT2D eigenvalue weighted by Gasteiger charge is 2.35. The summed E-state index contributed by atoms with van der Waals surface area (Å²) in [6.07, 6.45) is 2.16. The molecule has 2 aromatic rings. The maximum Gasteiger partial charge on any atom is 0.310 e. The van der Waals surface area contributed by atoms with Crippen LogP contribution in [0.3, 0.4) is 0 Å². The Bertz CT molecular complexity index is 880. The monoisotopic (exact) mass is 398 g/mol. The number of anilines is 2. The molecule has 0 bridgehead atoms. The van der Waals surface area contributed by atoms with E-state index >= 15 is 0 Å². The van der Waals surface area contributed by atoms with Crippen molar-refractivity contribution in [2.24, 2.45) is 5.92 Å². The summed E-state index contributed by atoms with van der Waals surface area (Å²) < 4.78 is 0. The molecule has 7 heteroatoms. The van der Waals surface area contributed by atoms with E-state index in [1.54, 1.807) is 47.9 Å². The van der Waals surface area contributed by atoms with Crippen molar-refractivity contribution < 1.29 is 19.5 Å². The number of nitrogens with one attached hydrogen (secondary N) is 1. The highest BCUT2D eigenvalue weighted by Crippen LogP contribution is 2.28. The van der Waals surface area contributed by atoms with Crippen LogP contribution in [-0.4, -0.2) is 35.7 Å². The van der Waals surface area contributed by atoms with E-state index in [4.69, 9.17) is 5.11 Å². The molecule has 1 heterocycles. The molecule has 2 unspecified atom stereocenters. The van der Waals surface area contributed by atoms with Crippen LogP contribution in [0.1, 0.15) is 24.8 Å². The minimum Gasteiger partial charge on any atom is -0.481 e. The number of hydrogen-bond donors (Lipinski definition) is 2. The van der Waals surface area contributed by atoms with Gasteiger partial charge in [-0.15, -0.1) is 11.8 Å². The lowest BCUT2D eigenvalue weighted by atomic mass is 10.0. The standard InChI is InChI=1S/C21H22N2O4S/c1-13(21(26)27)14-3-5-16(6-4-14)22-20(25)15-11-19(24)23(12-15)17-7-9-18(28-2)10-8-17/h3-10,13,15H,11-12H2,1-2H3,(H,22,25)(H,26,27). The molecule has 2 N–H and O–H groups in total. The zero-order valence-corrected chi connectivity index (χ0v) is 16.5. The van der Waals surface area contributed by atoms with Crippen LogP contribution in [0.2, 0.25) is 0 Å². The molecule has 0 aromatic heterocycles. The van der Waals surface area contributed by atoms with Crippen molar-refractivity contribution >= 4 is 40.9 Å². The summed E-state index contributed by atoms with van der Waals surface area (Å²) in [6.45, 7) is 1.96. The Labute approximate surface area is 167 Å². The third kappa shape index (κ3) is 4.36. The Balaban J connectivity index is 1.63. The van der Waals surface area contributed by atoms with E-state index < -0.39 is 17.8 Å². The predicted octanol–water partition coefficient (Wildman–Crippen LogP) is 3.59. The van der Waals surface area contributed by atoms with Gasteiger partial charge < -0.3 is 15.3 Å². The largest absolute Gasteiger partial charge is 0.481 e. The van der Waals surface area contributed by atoms with Crippen LogP contribution in [0.4, 0.5) is 11.4 Å². The van der Waals surface area contributed by atoms with Crippen molar-refractivity contribution in [3.05, 3.63) is 54.1 Å². The SMILES string of the molecule is CSc1ccc(N2CC(C(=O)Nc3ccc(C(C)C(=O)O)cc3)CC2=O)cc1. The van der Waals surface area contributed by atoms with Crippen molar-refractivity contribution in [1.29, 1.82) is 0 Å². The van der Waals surface area contributed by atoms with Crippen molar-refractivity contribution in [1.82, 2.24) is 0 Å². The smallest absolute Gasteiger partial charge is 0.310 e. The van der Waals surface area contributed by atoms with Gasteiger partial charge in [0.05, 0.1) is 11.8 Å². The van der Waals surface area contributed by atoms with Crippen molar-refractivity contribution in [2.45, 2.75) is 24.2 Å². The van der Waals surface area contributed by atoms with Gasteiger partial charge in [-0.2, -0.15) is 0 Å². The summed E-state index contributed by atoms with van der Waals surface area (Å²) in [5.41, 5.74) is 2.05. The Morgan fingerprint density at radius 3 is 2.36 bits per heavy atom. The van der Waals surface area contributed by atoms with E-state index in [1.807, 2.05) is 30.5 Å². The number of carboxylic acids is 1. The molecule has 2 aromatic carbocycles. The van der Waals surface area contributed by atoms with Crippen LogP contribution in [0.5, 0.6) is 0 Å². The van der Waals surface area contributed by atoms with Crippen molar-refractivity contribution in [3.8, 4) is 0 Å². The summed E-state index contributed by atoms with van der Waals surface area (Å²) in [4.78, 5) is 38.7. The minimum absolute atomic E-state index is 0.0670. The molecule has 1 fully saturated rings. The minimum atomic E-state index is -0.896. The number of thioether (sulfide) groups is 1. The van der Waals surface area contributed by atoms with Crippen LogP contribution in [-0.2, 0) is 14.4 Å². The van der Waals surface area contributed by atoms with E-state index in [2.05, 4.69) is 5.32 Å². The number of amides is 2. The van der Waals surface area contributed by atoms with Gasteiger partial charge in [0.25, 0.3) is 0 Å². The van der Waals surface area contributed by atoms with Gasteiger partial charge in [-0.1, -0.05) is 12.1 Å². The number of carboxylic acid groups (broad SMARTS) is 1. The maximum absolute atomic E-state index is 12.6. The number of hydrogen-bond acceptors (Lipinski definition) is 4. The van der Waals surface area contributed by atoms with Gasteiger partial charge in [0.15, 0.2) is 0 Å². The molecule has 2 amide bonds. The Hall–Kier alpha value is -2.80. The van der Waals surface area contributed by atoms with Gasteiger partial charge >= 0.3 is 5.97 Å². The molecule has 0 radical (unpaired) electrons. The molecule has 0 spiro atoms. The molecule has 0 aliphatic carbocycles. The van der Waals surface area contributed by atoms with Crippen LogP contribution in [0.15, 0.2) is 53.4 Å². The van der Waals surface area contributed by atoms with Crippen LogP contribution >= 0.6 is 11.8 Å². The molecule has 0 saturated carbocycles. The number of carbonyl (C=O) groups is 3. The van der Waals surface area contributed by atoms with Gasteiger partial charge in [-0.05, 0) is 55.1 Å². The first kappa shape index (κ1) is 19.9. The first-order valence-electron chi connectivity index (χ1n) is 8.97. The second-order valence-corrected chi connectivity index (χ2v) is 7.65. The molecule has 28 heavy (non-hydrogen) atoms. The molecule has 2 atom stereocenters. The van der Waals surface area contributed by atoms with Crippen molar-refractivity contribution in [2.75, 3.05) is 23.0 Å². The molecule has 6 nitrogen and oxygen atoms in total. The maximum atomic E-state index is 12.6. The summed E-state index contributed by atoms with van der Waals surface area (Å²) >= 11 is 1.63. The van der Waals surface area contributed by atoms with Gasteiger partial charge in [0.1, 0.15) is 0 Å². The lowest BCUT2D eigenvalue weighted by molar-refractivity contribution is -0.138. The summed E-state index contributed by atoms with van der Waals surface area (Å²) in [7, 11) is 0. The lowest BCUT2D eigenvalue weighted by Gasteiger charge is -2.17. The third-order valence-electron chi connectivity index (χ3n) is 4.93. The number of benzene rings is 2. The summed E-state index contributed by atoms with van der Waals surface area (Å²) in [5, 5.41) is 11.9. The first-order chi connectivity index (χ1) is 13.4. The zero-order chi connectivity index (χ0) is 20.3. The second-order valence-electron chi connectivity index (χ2n) is 6.77. The second kappa shape index (κ2) is 8.48. The topological polar surface area (TPSA) is 86.7 Å². The molecule has 1 saturated heterocycles. The highest BCUT2D eigenvalue weighted by molar-refractivity contribution is 7.98. The van der Waals surface area contributed by atoms with E-state index in [1.165, 1.54) is 0 Å². The Kier molecular flexibility index (Phi) is 6.04. The van der Waals surface area contributed by atoms with E-state index in [0.717, 1.165) is 10.6 Å². The highest BCUT2D eigenvalue weighted by atomic mass is 32.2. The normalized spacial score (nSPS) is 17.4. The fraction of sp³-hybridized carbons (Fsp3) is 0.286. The quantitative estimate of drug-likeness (QED) is 0.726. The third-order valence-corrected chi connectivity index (χ3v) is 5.67.